The van der Waals surface area contributed by atoms with E-state index in [4.69, 9.17) is 14.2 Å². The Hall–Kier alpha value is -4.66. The Bertz CT molecular complexity index is 1510. The molecule has 2 heterocycles. The van der Waals surface area contributed by atoms with Gasteiger partial charge >= 0.3 is 0 Å². The number of amides is 1. The average Bonchev–Trinajstić information content (AvgIpc) is 3.33. The molecular formula is C26H23N5O4. The monoisotopic (exact) mass is 469 g/mol. The molecule has 0 saturated carbocycles. The van der Waals surface area contributed by atoms with Crippen LogP contribution in [0.25, 0.3) is 27.8 Å². The van der Waals surface area contributed by atoms with Gasteiger partial charge in [0.25, 0.3) is 5.91 Å². The summed E-state index contributed by atoms with van der Waals surface area (Å²) >= 11 is 0. The summed E-state index contributed by atoms with van der Waals surface area (Å²) in [6, 6.07) is 22.4. The smallest absolute Gasteiger partial charge is 0.252 e. The van der Waals surface area contributed by atoms with Gasteiger partial charge in [-0.1, -0.05) is 36.4 Å². The summed E-state index contributed by atoms with van der Waals surface area (Å²) in [5.74, 6) is 1.97. The van der Waals surface area contributed by atoms with E-state index in [9.17, 15) is 4.79 Å². The molecule has 35 heavy (non-hydrogen) atoms. The molecule has 0 spiro atoms. The summed E-state index contributed by atoms with van der Waals surface area (Å²) < 4.78 is 18.1. The van der Waals surface area contributed by atoms with Crippen LogP contribution in [0.15, 0.2) is 72.8 Å². The Morgan fingerprint density at radius 2 is 1.74 bits per heavy atom. The molecule has 1 amide bonds. The first-order valence-electron chi connectivity index (χ1n) is 11.0. The predicted octanol–water partition coefficient (Wildman–Crippen LogP) is 3.77. The van der Waals surface area contributed by atoms with Crippen LogP contribution in [-0.4, -0.2) is 53.1 Å². The van der Waals surface area contributed by atoms with Crippen LogP contribution < -0.4 is 19.5 Å². The van der Waals surface area contributed by atoms with Crippen molar-refractivity contribution in [2.75, 3.05) is 27.4 Å². The largest absolute Gasteiger partial charge is 0.493 e. The number of carbonyl (C=O) groups is 1. The van der Waals surface area contributed by atoms with E-state index in [0.29, 0.717) is 41.0 Å². The lowest BCUT2D eigenvalue weighted by molar-refractivity contribution is 0.0948. The molecule has 5 aromatic rings. The maximum Gasteiger partial charge on any atom is 0.252 e. The molecule has 2 aromatic heterocycles. The fourth-order valence-corrected chi connectivity index (χ4v) is 3.84. The van der Waals surface area contributed by atoms with E-state index in [2.05, 4.69) is 20.6 Å². The standard InChI is InChI=1S/C26H23N5O4/c1-33-21-11-10-18(16-22(21)34-2)25-29-28-23-12-13-24(30-31(23)25)35-15-14-27-26(32)20-9-5-7-17-6-3-4-8-19(17)20/h3-13,16H,14-15H2,1-2H3,(H,27,32). The lowest BCUT2D eigenvalue weighted by atomic mass is 10.0. The van der Waals surface area contributed by atoms with Crippen LogP contribution in [0.2, 0.25) is 0 Å². The molecule has 0 aliphatic rings. The zero-order valence-electron chi connectivity index (χ0n) is 19.3. The molecule has 0 aliphatic heterocycles. The molecule has 0 atom stereocenters. The second kappa shape index (κ2) is 9.68. The van der Waals surface area contributed by atoms with Gasteiger partial charge in [-0.05, 0) is 41.1 Å². The van der Waals surface area contributed by atoms with Gasteiger partial charge in [0.2, 0.25) is 5.88 Å². The van der Waals surface area contributed by atoms with Crippen LogP contribution in [0.4, 0.5) is 0 Å². The van der Waals surface area contributed by atoms with Crippen LogP contribution in [0, 0.1) is 0 Å². The number of hydrogen-bond donors (Lipinski definition) is 1. The molecule has 0 bridgehead atoms. The Kier molecular flexibility index (Phi) is 6.13. The number of carbonyl (C=O) groups excluding carboxylic acids is 1. The molecule has 9 nitrogen and oxygen atoms in total. The third kappa shape index (κ3) is 4.43. The van der Waals surface area contributed by atoms with Crippen LogP contribution in [0.1, 0.15) is 10.4 Å². The number of hydrogen-bond acceptors (Lipinski definition) is 7. The molecule has 5 rings (SSSR count). The molecule has 0 radical (unpaired) electrons. The van der Waals surface area contributed by atoms with Gasteiger partial charge in [-0.15, -0.1) is 15.3 Å². The highest BCUT2D eigenvalue weighted by atomic mass is 16.5. The number of benzene rings is 3. The van der Waals surface area contributed by atoms with Crippen molar-refractivity contribution < 1.29 is 19.0 Å². The Balaban J connectivity index is 1.27. The van der Waals surface area contributed by atoms with E-state index in [-0.39, 0.29) is 12.5 Å². The normalized spacial score (nSPS) is 10.9. The third-order valence-electron chi connectivity index (χ3n) is 5.55. The SMILES string of the molecule is COc1ccc(-c2nnc3ccc(OCCNC(=O)c4cccc5ccccc45)nn23)cc1OC. The minimum atomic E-state index is -0.150. The highest BCUT2D eigenvalue weighted by Crippen LogP contribution is 2.31. The van der Waals surface area contributed by atoms with E-state index in [1.807, 2.05) is 54.6 Å². The highest BCUT2D eigenvalue weighted by molar-refractivity contribution is 6.06. The highest BCUT2D eigenvalue weighted by Gasteiger charge is 2.14. The van der Waals surface area contributed by atoms with Gasteiger partial charge in [-0.25, -0.2) is 0 Å². The number of nitrogens with zero attached hydrogens (tertiary/aromatic N) is 4. The minimum absolute atomic E-state index is 0.150. The van der Waals surface area contributed by atoms with Crippen LogP contribution in [0.5, 0.6) is 17.4 Å². The maximum atomic E-state index is 12.7. The van der Waals surface area contributed by atoms with Crippen LogP contribution in [-0.2, 0) is 0 Å². The maximum absolute atomic E-state index is 12.7. The topological polar surface area (TPSA) is 99.9 Å². The molecule has 3 aromatic carbocycles. The number of fused-ring (bicyclic) bond motifs is 2. The summed E-state index contributed by atoms with van der Waals surface area (Å²) in [6.45, 7) is 0.579. The number of aromatic nitrogens is 4. The molecule has 9 heteroatoms. The fraction of sp³-hybridized carbons (Fsp3) is 0.154. The van der Waals surface area contributed by atoms with Gasteiger partial charge in [0, 0.05) is 17.2 Å². The quantitative estimate of drug-likeness (QED) is 0.345. The van der Waals surface area contributed by atoms with Gasteiger partial charge in [0.15, 0.2) is 23.0 Å². The van der Waals surface area contributed by atoms with E-state index in [1.165, 1.54) is 0 Å². The molecular weight excluding hydrogens is 446 g/mol. The average molecular weight is 470 g/mol. The molecule has 0 unspecified atom stereocenters. The van der Waals surface area contributed by atoms with Gasteiger partial charge in [0.1, 0.15) is 6.61 Å². The second-order valence-electron chi connectivity index (χ2n) is 7.67. The minimum Gasteiger partial charge on any atom is -0.493 e. The lowest BCUT2D eigenvalue weighted by Gasteiger charge is -2.10. The first-order chi connectivity index (χ1) is 17.2. The van der Waals surface area contributed by atoms with E-state index in [0.717, 1.165) is 16.3 Å². The summed E-state index contributed by atoms with van der Waals surface area (Å²) in [4.78, 5) is 12.7. The molecule has 0 fully saturated rings. The van der Waals surface area contributed by atoms with Crippen molar-refractivity contribution in [3.63, 3.8) is 0 Å². The second-order valence-corrected chi connectivity index (χ2v) is 7.67. The first kappa shape index (κ1) is 22.1. The predicted molar refractivity (Wildman–Crippen MR) is 131 cm³/mol. The van der Waals surface area contributed by atoms with E-state index >= 15 is 0 Å². The van der Waals surface area contributed by atoms with Crippen molar-refractivity contribution in [1.29, 1.82) is 0 Å². The number of nitrogens with one attached hydrogen (secondary N) is 1. The van der Waals surface area contributed by atoms with E-state index in [1.54, 1.807) is 36.9 Å². The van der Waals surface area contributed by atoms with E-state index < -0.39 is 0 Å². The van der Waals surface area contributed by atoms with Gasteiger partial charge < -0.3 is 19.5 Å². The molecule has 1 N–H and O–H groups in total. The van der Waals surface area contributed by atoms with Crippen molar-refractivity contribution in [2.45, 2.75) is 0 Å². The molecule has 0 aliphatic carbocycles. The Morgan fingerprint density at radius 3 is 2.60 bits per heavy atom. The Morgan fingerprint density at radius 1 is 0.914 bits per heavy atom. The van der Waals surface area contributed by atoms with Gasteiger partial charge in [-0.3, -0.25) is 4.79 Å². The molecule has 0 saturated heterocycles. The molecule has 176 valence electrons. The zero-order chi connectivity index (χ0) is 24.2. The van der Waals surface area contributed by atoms with Gasteiger partial charge in [0.05, 0.1) is 20.8 Å². The van der Waals surface area contributed by atoms with Crippen molar-refractivity contribution in [3.05, 3.63) is 78.4 Å². The lowest BCUT2D eigenvalue weighted by Crippen LogP contribution is -2.28. The number of ether oxygens (including phenoxy) is 3. The summed E-state index contributed by atoms with van der Waals surface area (Å²) in [5, 5.41) is 17.8. The van der Waals surface area contributed by atoms with Crippen molar-refractivity contribution in [2.24, 2.45) is 0 Å². The first-order valence-corrected chi connectivity index (χ1v) is 11.0. The zero-order valence-corrected chi connectivity index (χ0v) is 19.3. The van der Waals surface area contributed by atoms with Crippen LogP contribution in [0.3, 0.4) is 0 Å². The van der Waals surface area contributed by atoms with Crippen molar-refractivity contribution >= 4 is 22.3 Å². The number of methoxy groups -OCH3 is 2. The summed E-state index contributed by atoms with van der Waals surface area (Å²) in [5.41, 5.74) is 1.97. The fourth-order valence-electron chi connectivity index (χ4n) is 3.84. The van der Waals surface area contributed by atoms with Crippen molar-refractivity contribution in [3.8, 4) is 28.8 Å². The summed E-state index contributed by atoms with van der Waals surface area (Å²) in [6.07, 6.45) is 0. The Labute approximate surface area is 201 Å². The van der Waals surface area contributed by atoms with Crippen molar-refractivity contribution in [1.82, 2.24) is 25.1 Å². The van der Waals surface area contributed by atoms with Crippen LogP contribution >= 0.6 is 0 Å². The number of rotatable bonds is 8. The summed E-state index contributed by atoms with van der Waals surface area (Å²) in [7, 11) is 3.16. The third-order valence-corrected chi connectivity index (χ3v) is 5.55. The van der Waals surface area contributed by atoms with Gasteiger partial charge in [-0.2, -0.15) is 4.52 Å².